The summed E-state index contributed by atoms with van der Waals surface area (Å²) in [6.07, 6.45) is -0.438. The molecule has 3 aromatic rings. The van der Waals surface area contributed by atoms with Gasteiger partial charge in [-0.1, -0.05) is 30.3 Å². The molecule has 1 atom stereocenters. The number of rotatable bonds is 7. The van der Waals surface area contributed by atoms with E-state index in [0.29, 0.717) is 19.0 Å². The second-order valence-electron chi connectivity index (χ2n) is 6.82. The van der Waals surface area contributed by atoms with Crippen LogP contribution in [0.1, 0.15) is 30.4 Å². The smallest absolute Gasteiger partial charge is 0.191 e. The Balaban J connectivity index is 0.00000300. The van der Waals surface area contributed by atoms with Crippen LogP contribution in [0.2, 0.25) is 0 Å². The molecule has 0 saturated heterocycles. The molecular weight excluding hydrogens is 497 g/mol. The van der Waals surface area contributed by atoms with Gasteiger partial charge in [-0.3, -0.25) is 4.99 Å². The molecule has 0 radical (unpaired) electrons. The normalized spacial score (nSPS) is 12.5. The molecule has 156 valence electrons. The summed E-state index contributed by atoms with van der Waals surface area (Å²) >= 11 is 1.62. The number of fused-ring (bicyclic) bond motifs is 1. The summed E-state index contributed by atoms with van der Waals surface area (Å²) in [4.78, 5) is 5.18. The highest BCUT2D eigenvalue weighted by atomic mass is 127. The molecule has 3 N–H and O–H groups in total. The fourth-order valence-corrected chi connectivity index (χ4v) is 3.92. The Bertz CT molecular complexity index is 909. The number of thiophene rings is 1. The topological polar surface area (TPSA) is 65.9 Å². The SMILES string of the molecule is CN=C(NCc1cccc(OC(C)C)c1)NCC(O)c1cc2ccccc2s1.I. The summed E-state index contributed by atoms with van der Waals surface area (Å²) < 4.78 is 6.92. The lowest BCUT2D eigenvalue weighted by molar-refractivity contribution is 0.184. The standard InChI is InChI=1S/C22H27N3O2S.HI/c1-15(2)27-18-9-6-7-16(11-18)13-24-22(23-3)25-14-19(26)21-12-17-8-4-5-10-20(17)28-21;/h4-12,15,19,26H,13-14H2,1-3H3,(H2,23,24,25);1H. The number of hydrogen-bond donors (Lipinski definition) is 3. The second kappa shape index (κ2) is 11.4. The number of nitrogens with zero attached hydrogens (tertiary/aromatic N) is 1. The van der Waals surface area contributed by atoms with Gasteiger partial charge in [-0.2, -0.15) is 0 Å². The maximum absolute atomic E-state index is 10.5. The van der Waals surface area contributed by atoms with Crippen LogP contribution in [-0.4, -0.2) is 30.8 Å². The van der Waals surface area contributed by atoms with Crippen LogP contribution in [-0.2, 0) is 6.54 Å². The number of hydrogen-bond acceptors (Lipinski definition) is 4. The maximum Gasteiger partial charge on any atom is 0.191 e. The fourth-order valence-electron chi connectivity index (χ4n) is 2.87. The molecule has 0 bridgehead atoms. The van der Waals surface area contributed by atoms with Crippen molar-refractivity contribution in [3.63, 3.8) is 0 Å². The molecule has 0 aliphatic heterocycles. The van der Waals surface area contributed by atoms with Crippen LogP contribution in [0.25, 0.3) is 10.1 Å². The number of guanidine groups is 1. The summed E-state index contributed by atoms with van der Waals surface area (Å²) in [5, 5.41) is 18.1. The van der Waals surface area contributed by atoms with Crippen molar-refractivity contribution in [1.29, 1.82) is 0 Å². The van der Waals surface area contributed by atoms with Crippen molar-refractivity contribution in [2.75, 3.05) is 13.6 Å². The van der Waals surface area contributed by atoms with Gasteiger partial charge in [0.15, 0.2) is 5.96 Å². The maximum atomic E-state index is 10.5. The highest BCUT2D eigenvalue weighted by Crippen LogP contribution is 2.29. The first-order chi connectivity index (χ1) is 13.5. The lowest BCUT2D eigenvalue weighted by atomic mass is 10.2. The van der Waals surface area contributed by atoms with E-state index in [9.17, 15) is 5.11 Å². The molecule has 0 aliphatic rings. The molecule has 3 rings (SSSR count). The van der Waals surface area contributed by atoms with E-state index in [1.54, 1.807) is 18.4 Å². The Morgan fingerprint density at radius 1 is 1.10 bits per heavy atom. The monoisotopic (exact) mass is 525 g/mol. The van der Waals surface area contributed by atoms with Crippen molar-refractivity contribution in [2.45, 2.75) is 32.6 Å². The summed E-state index contributed by atoms with van der Waals surface area (Å²) in [5.74, 6) is 1.51. The Morgan fingerprint density at radius 2 is 1.90 bits per heavy atom. The van der Waals surface area contributed by atoms with Gasteiger partial charge < -0.3 is 20.5 Å². The van der Waals surface area contributed by atoms with Gasteiger partial charge in [0, 0.05) is 29.7 Å². The van der Waals surface area contributed by atoms with E-state index in [1.165, 1.54) is 4.70 Å². The molecule has 1 aromatic heterocycles. The van der Waals surface area contributed by atoms with Crippen molar-refractivity contribution >= 4 is 51.4 Å². The quantitative estimate of drug-likeness (QED) is 0.238. The molecule has 0 aliphatic carbocycles. The van der Waals surface area contributed by atoms with Gasteiger partial charge in [0.05, 0.1) is 6.10 Å². The third-order valence-electron chi connectivity index (χ3n) is 4.19. The van der Waals surface area contributed by atoms with Crippen molar-refractivity contribution in [1.82, 2.24) is 10.6 Å². The van der Waals surface area contributed by atoms with Crippen molar-refractivity contribution in [2.24, 2.45) is 4.99 Å². The van der Waals surface area contributed by atoms with Gasteiger partial charge in [0.1, 0.15) is 11.9 Å². The summed E-state index contributed by atoms with van der Waals surface area (Å²) in [7, 11) is 1.72. The Hall–Kier alpha value is -1.84. The van der Waals surface area contributed by atoms with E-state index in [4.69, 9.17) is 4.74 Å². The lowest BCUT2D eigenvalue weighted by Gasteiger charge is -2.15. The molecule has 5 nitrogen and oxygen atoms in total. The van der Waals surface area contributed by atoms with E-state index >= 15 is 0 Å². The second-order valence-corrected chi connectivity index (χ2v) is 7.94. The molecule has 0 saturated carbocycles. The predicted octanol–water partition coefficient (Wildman–Crippen LogP) is 4.71. The number of benzene rings is 2. The third-order valence-corrected chi connectivity index (χ3v) is 5.41. The molecule has 1 unspecified atom stereocenters. The minimum Gasteiger partial charge on any atom is -0.491 e. The number of nitrogens with one attached hydrogen (secondary N) is 2. The molecule has 0 amide bonds. The molecule has 7 heteroatoms. The number of ether oxygens (including phenoxy) is 1. The van der Waals surface area contributed by atoms with E-state index in [2.05, 4.69) is 27.8 Å². The van der Waals surface area contributed by atoms with Gasteiger partial charge in [-0.25, -0.2) is 0 Å². The predicted molar refractivity (Wildman–Crippen MR) is 133 cm³/mol. The summed E-state index contributed by atoms with van der Waals surface area (Å²) in [6.45, 7) is 5.04. The van der Waals surface area contributed by atoms with Gasteiger partial charge >= 0.3 is 0 Å². The molecule has 0 fully saturated rings. The first kappa shape index (κ1) is 23.4. The lowest BCUT2D eigenvalue weighted by Crippen LogP contribution is -2.38. The highest BCUT2D eigenvalue weighted by Gasteiger charge is 2.12. The summed E-state index contributed by atoms with van der Waals surface area (Å²) in [5.41, 5.74) is 1.10. The largest absolute Gasteiger partial charge is 0.491 e. The van der Waals surface area contributed by atoms with Gasteiger partial charge in [0.25, 0.3) is 0 Å². The van der Waals surface area contributed by atoms with E-state index < -0.39 is 6.10 Å². The van der Waals surface area contributed by atoms with Crippen LogP contribution in [0.3, 0.4) is 0 Å². The van der Waals surface area contributed by atoms with Crippen LogP contribution >= 0.6 is 35.3 Å². The van der Waals surface area contributed by atoms with E-state index in [-0.39, 0.29) is 30.1 Å². The van der Waals surface area contributed by atoms with Crippen molar-refractivity contribution in [3.05, 3.63) is 65.0 Å². The highest BCUT2D eigenvalue weighted by molar-refractivity contribution is 14.0. The third kappa shape index (κ3) is 6.87. The van der Waals surface area contributed by atoms with Gasteiger partial charge in [-0.05, 0) is 49.1 Å². The fraction of sp³-hybridized carbons (Fsp3) is 0.318. The van der Waals surface area contributed by atoms with E-state index in [1.807, 2.05) is 56.3 Å². The zero-order valence-corrected chi connectivity index (χ0v) is 20.0. The average molecular weight is 525 g/mol. The van der Waals surface area contributed by atoms with E-state index in [0.717, 1.165) is 21.6 Å². The van der Waals surface area contributed by atoms with Crippen LogP contribution in [0.5, 0.6) is 5.75 Å². The number of aliphatic hydroxyl groups excluding tert-OH is 1. The average Bonchev–Trinajstić information content (AvgIpc) is 3.12. The first-order valence-electron chi connectivity index (χ1n) is 9.42. The summed E-state index contributed by atoms with van der Waals surface area (Å²) in [6, 6.07) is 18.2. The number of aliphatic imine (C=N–C) groups is 1. The Kier molecular flexibility index (Phi) is 9.19. The first-order valence-corrected chi connectivity index (χ1v) is 10.2. The van der Waals surface area contributed by atoms with Crippen LogP contribution in [0.4, 0.5) is 0 Å². The molecule has 0 spiro atoms. The minimum atomic E-state index is -0.585. The Labute approximate surface area is 193 Å². The zero-order chi connectivity index (χ0) is 19.9. The van der Waals surface area contributed by atoms with Crippen LogP contribution < -0.4 is 15.4 Å². The van der Waals surface area contributed by atoms with Crippen molar-refractivity contribution < 1.29 is 9.84 Å². The number of aliphatic hydroxyl groups is 1. The van der Waals surface area contributed by atoms with Crippen molar-refractivity contribution in [3.8, 4) is 5.75 Å². The molecule has 2 aromatic carbocycles. The molecular formula is C22H28IN3O2S. The van der Waals surface area contributed by atoms with Gasteiger partial charge in [-0.15, -0.1) is 35.3 Å². The van der Waals surface area contributed by atoms with Crippen LogP contribution in [0, 0.1) is 0 Å². The van der Waals surface area contributed by atoms with Gasteiger partial charge in [0.2, 0.25) is 0 Å². The zero-order valence-electron chi connectivity index (χ0n) is 16.9. The molecule has 29 heavy (non-hydrogen) atoms. The molecule has 1 heterocycles. The Morgan fingerprint density at radius 3 is 2.62 bits per heavy atom. The number of halogens is 1. The minimum absolute atomic E-state index is 0. The van der Waals surface area contributed by atoms with Crippen LogP contribution in [0.15, 0.2) is 59.6 Å².